The predicted octanol–water partition coefficient (Wildman–Crippen LogP) is 0.722. The van der Waals surface area contributed by atoms with Gasteiger partial charge in [0.25, 0.3) is 0 Å². The lowest BCUT2D eigenvalue weighted by Crippen LogP contribution is -2.49. The van der Waals surface area contributed by atoms with Crippen molar-refractivity contribution in [1.82, 2.24) is 25.0 Å². The molecule has 1 aliphatic heterocycles. The van der Waals surface area contributed by atoms with Crippen molar-refractivity contribution in [2.45, 2.75) is 57.7 Å². The largest absolute Gasteiger partial charge is 0.383 e. The molecule has 0 radical (unpaired) electrons. The van der Waals surface area contributed by atoms with Gasteiger partial charge in [0.05, 0.1) is 19.1 Å². The third-order valence-electron chi connectivity index (χ3n) is 5.23. The molecule has 1 aromatic heterocycles. The van der Waals surface area contributed by atoms with E-state index in [0.717, 1.165) is 12.8 Å². The molecule has 1 saturated heterocycles. The van der Waals surface area contributed by atoms with Gasteiger partial charge in [0.2, 0.25) is 11.8 Å². The van der Waals surface area contributed by atoms with Crippen molar-refractivity contribution < 1.29 is 14.3 Å². The highest BCUT2D eigenvalue weighted by Crippen LogP contribution is 2.28. The van der Waals surface area contributed by atoms with Gasteiger partial charge >= 0.3 is 0 Å². The van der Waals surface area contributed by atoms with E-state index < -0.39 is 0 Å². The zero-order valence-corrected chi connectivity index (χ0v) is 14.8. The van der Waals surface area contributed by atoms with Gasteiger partial charge in [-0.15, -0.1) is 10.2 Å². The van der Waals surface area contributed by atoms with E-state index in [9.17, 15) is 9.59 Å². The van der Waals surface area contributed by atoms with Gasteiger partial charge in [0, 0.05) is 32.7 Å². The number of likely N-dealkylation sites (tertiary alicyclic amines) is 1. The highest BCUT2D eigenvalue weighted by atomic mass is 16.5. The molecule has 3 rings (SSSR count). The molecule has 0 aromatic carbocycles. The van der Waals surface area contributed by atoms with Crippen molar-refractivity contribution in [3.8, 4) is 0 Å². The molecule has 2 fully saturated rings. The van der Waals surface area contributed by atoms with Crippen LogP contribution in [-0.4, -0.2) is 57.8 Å². The Balaban J connectivity index is 1.52. The van der Waals surface area contributed by atoms with Crippen molar-refractivity contribution >= 4 is 11.8 Å². The molecule has 1 atom stereocenters. The van der Waals surface area contributed by atoms with Crippen LogP contribution in [0.3, 0.4) is 0 Å². The van der Waals surface area contributed by atoms with Crippen molar-refractivity contribution in [2.75, 3.05) is 20.3 Å². The Labute approximate surface area is 147 Å². The van der Waals surface area contributed by atoms with E-state index in [4.69, 9.17) is 4.74 Å². The van der Waals surface area contributed by atoms with Gasteiger partial charge in [0.1, 0.15) is 6.33 Å². The van der Waals surface area contributed by atoms with Gasteiger partial charge in [-0.2, -0.15) is 0 Å². The average molecular weight is 349 g/mol. The van der Waals surface area contributed by atoms with Gasteiger partial charge in [-0.25, -0.2) is 0 Å². The molecule has 8 nitrogen and oxygen atoms in total. The number of aromatic nitrogens is 3. The maximum Gasteiger partial charge on any atom is 0.225 e. The number of rotatable bonds is 7. The topological polar surface area (TPSA) is 89.3 Å². The third kappa shape index (κ3) is 4.36. The smallest absolute Gasteiger partial charge is 0.225 e. The van der Waals surface area contributed by atoms with Crippen LogP contribution in [0, 0.1) is 5.92 Å². The predicted molar refractivity (Wildman–Crippen MR) is 90.4 cm³/mol. The molecule has 25 heavy (non-hydrogen) atoms. The second kappa shape index (κ2) is 8.42. The van der Waals surface area contributed by atoms with Crippen LogP contribution >= 0.6 is 0 Å². The minimum atomic E-state index is -0.131. The van der Waals surface area contributed by atoms with E-state index >= 15 is 0 Å². The number of nitrogens with one attached hydrogen (secondary N) is 1. The van der Waals surface area contributed by atoms with E-state index in [-0.39, 0.29) is 17.7 Å². The number of carbonyl (C=O) groups excluding carboxylic acids is 2. The molecule has 8 heteroatoms. The van der Waals surface area contributed by atoms with Crippen molar-refractivity contribution in [3.63, 3.8) is 0 Å². The molecule has 1 N–H and O–H groups in total. The minimum absolute atomic E-state index is 0.00297. The van der Waals surface area contributed by atoms with Crippen molar-refractivity contribution in [1.29, 1.82) is 0 Å². The lowest BCUT2D eigenvalue weighted by molar-refractivity contribution is -0.140. The van der Waals surface area contributed by atoms with Crippen LogP contribution in [0.5, 0.6) is 0 Å². The fourth-order valence-electron chi connectivity index (χ4n) is 3.76. The summed E-state index contributed by atoms with van der Waals surface area (Å²) in [4.78, 5) is 26.7. The maximum absolute atomic E-state index is 12.6. The summed E-state index contributed by atoms with van der Waals surface area (Å²) in [7, 11) is 1.65. The Morgan fingerprint density at radius 1 is 1.36 bits per heavy atom. The Hall–Kier alpha value is -1.96. The highest BCUT2D eigenvalue weighted by molar-refractivity contribution is 5.84. The van der Waals surface area contributed by atoms with Crippen molar-refractivity contribution in [2.24, 2.45) is 5.92 Å². The Morgan fingerprint density at radius 2 is 2.16 bits per heavy atom. The number of carbonyl (C=O) groups is 2. The molecule has 2 amide bonds. The van der Waals surface area contributed by atoms with E-state index in [0.29, 0.717) is 50.9 Å². The number of methoxy groups -OCH3 is 1. The molecule has 0 spiro atoms. The lowest BCUT2D eigenvalue weighted by Gasteiger charge is -2.36. The van der Waals surface area contributed by atoms with Crippen LogP contribution in [0.2, 0.25) is 0 Å². The summed E-state index contributed by atoms with van der Waals surface area (Å²) in [6.45, 7) is 2.12. The van der Waals surface area contributed by atoms with Gasteiger partial charge in [-0.1, -0.05) is 12.8 Å². The van der Waals surface area contributed by atoms with Gasteiger partial charge in [0.15, 0.2) is 5.82 Å². The van der Waals surface area contributed by atoms with Crippen LogP contribution in [0.25, 0.3) is 0 Å². The number of amides is 2. The first kappa shape index (κ1) is 17.8. The number of nitrogens with zero attached hydrogens (tertiary/aromatic N) is 4. The number of piperidine rings is 1. The standard InChI is InChI=1S/C17H27N5O3/c1-25-9-8-21-12-19-20-15(21)10-18-17(24)13-6-7-16(23)22(11-13)14-4-2-3-5-14/h12-14H,2-11H2,1H3,(H,18,24)/t13-/m1/s1. The second-order valence-electron chi connectivity index (χ2n) is 6.87. The van der Waals surface area contributed by atoms with Gasteiger partial charge in [-0.05, 0) is 19.3 Å². The summed E-state index contributed by atoms with van der Waals surface area (Å²) < 4.78 is 6.93. The Kier molecular flexibility index (Phi) is 6.01. The van der Waals surface area contributed by atoms with Crippen LogP contribution in [0.4, 0.5) is 0 Å². The molecule has 0 unspecified atom stereocenters. The second-order valence-corrected chi connectivity index (χ2v) is 6.87. The lowest BCUT2D eigenvalue weighted by atomic mass is 9.95. The molecule has 1 saturated carbocycles. The first-order chi connectivity index (χ1) is 12.2. The zero-order chi connectivity index (χ0) is 17.6. The molecule has 138 valence electrons. The SMILES string of the molecule is COCCn1cnnc1CNC(=O)[C@@H]1CCC(=O)N(C2CCCC2)C1. The third-order valence-corrected chi connectivity index (χ3v) is 5.23. The van der Waals surface area contributed by atoms with Crippen LogP contribution < -0.4 is 5.32 Å². The van der Waals surface area contributed by atoms with Gasteiger partial charge in [-0.3, -0.25) is 9.59 Å². The van der Waals surface area contributed by atoms with E-state index in [1.165, 1.54) is 12.8 Å². The highest BCUT2D eigenvalue weighted by Gasteiger charge is 2.35. The first-order valence-corrected chi connectivity index (χ1v) is 9.12. The molecule has 2 aliphatic rings. The molecular weight excluding hydrogens is 322 g/mol. The maximum atomic E-state index is 12.6. The monoisotopic (exact) mass is 349 g/mol. The first-order valence-electron chi connectivity index (χ1n) is 9.12. The number of hydrogen-bond acceptors (Lipinski definition) is 5. The van der Waals surface area contributed by atoms with Crippen LogP contribution in [0.1, 0.15) is 44.3 Å². The molecule has 1 aliphatic carbocycles. The normalized spacial score (nSPS) is 21.7. The quantitative estimate of drug-likeness (QED) is 0.783. The number of ether oxygens (including phenoxy) is 1. The Morgan fingerprint density at radius 3 is 2.92 bits per heavy atom. The zero-order valence-electron chi connectivity index (χ0n) is 14.8. The average Bonchev–Trinajstić information content (AvgIpc) is 3.30. The summed E-state index contributed by atoms with van der Waals surface area (Å²) in [5, 5.41) is 10.9. The van der Waals surface area contributed by atoms with E-state index in [1.54, 1.807) is 13.4 Å². The van der Waals surface area contributed by atoms with Crippen LogP contribution in [0.15, 0.2) is 6.33 Å². The molecule has 1 aromatic rings. The molecule has 0 bridgehead atoms. The van der Waals surface area contributed by atoms with E-state index in [1.807, 2.05) is 9.47 Å². The molecule has 2 heterocycles. The van der Waals surface area contributed by atoms with E-state index in [2.05, 4.69) is 15.5 Å². The van der Waals surface area contributed by atoms with Gasteiger partial charge < -0.3 is 19.5 Å². The minimum Gasteiger partial charge on any atom is -0.383 e. The summed E-state index contributed by atoms with van der Waals surface area (Å²) in [5.74, 6) is 0.783. The fraction of sp³-hybridized carbons (Fsp3) is 0.765. The summed E-state index contributed by atoms with van der Waals surface area (Å²) in [6, 6.07) is 0.334. The summed E-state index contributed by atoms with van der Waals surface area (Å²) in [6.07, 6.45) is 7.25. The van der Waals surface area contributed by atoms with Crippen LogP contribution in [-0.2, 0) is 27.4 Å². The number of hydrogen-bond donors (Lipinski definition) is 1. The van der Waals surface area contributed by atoms with Crippen molar-refractivity contribution in [3.05, 3.63) is 12.2 Å². The fourth-order valence-corrected chi connectivity index (χ4v) is 3.76. The summed E-state index contributed by atoms with van der Waals surface area (Å²) >= 11 is 0. The Bertz CT molecular complexity index is 597. The summed E-state index contributed by atoms with van der Waals surface area (Å²) in [5.41, 5.74) is 0. The molecular formula is C17H27N5O3.